The van der Waals surface area contributed by atoms with Gasteiger partial charge in [0.15, 0.2) is 0 Å². The van der Waals surface area contributed by atoms with Gasteiger partial charge in [0.1, 0.15) is 11.1 Å². The van der Waals surface area contributed by atoms with Crippen molar-refractivity contribution >= 4 is 29.7 Å². The van der Waals surface area contributed by atoms with Gasteiger partial charge in [0.05, 0.1) is 11.3 Å². The zero-order valence-electron chi connectivity index (χ0n) is 9.40. The molecule has 1 fully saturated rings. The molecule has 1 N–H and O–H groups in total. The van der Waals surface area contributed by atoms with E-state index in [2.05, 4.69) is 5.10 Å². The van der Waals surface area contributed by atoms with Crippen molar-refractivity contribution in [2.45, 2.75) is 5.37 Å². The molecule has 1 aromatic heterocycles. The summed E-state index contributed by atoms with van der Waals surface area (Å²) >= 11 is 1.33. The van der Waals surface area contributed by atoms with Crippen LogP contribution in [0.3, 0.4) is 0 Å². The number of aliphatic carboxylic acids is 1. The fourth-order valence-corrected chi connectivity index (χ4v) is 3.05. The van der Waals surface area contributed by atoms with Gasteiger partial charge in [-0.1, -0.05) is 0 Å². The molecule has 0 bridgehead atoms. The van der Waals surface area contributed by atoms with Gasteiger partial charge in [-0.05, 0) is 12.1 Å². The molecule has 7 heteroatoms. The SMILES string of the molecule is Cn1ccc(C=C2C(=O)N3C(C(=O)O)=CS[C@@H]23)n1. The van der Waals surface area contributed by atoms with Crippen LogP contribution in [0.15, 0.2) is 28.9 Å². The highest BCUT2D eigenvalue weighted by Crippen LogP contribution is 2.44. The van der Waals surface area contributed by atoms with Crippen LogP contribution < -0.4 is 0 Å². The maximum atomic E-state index is 11.9. The lowest BCUT2D eigenvalue weighted by Gasteiger charge is -2.36. The highest BCUT2D eigenvalue weighted by molar-refractivity contribution is 8.03. The number of β-lactam (4-membered cyclic amide) rings is 1. The molecule has 0 aliphatic carbocycles. The lowest BCUT2D eigenvalue weighted by molar-refractivity contribution is -0.141. The quantitative estimate of drug-likeness (QED) is 0.626. The largest absolute Gasteiger partial charge is 0.477 e. The number of aryl methyl sites for hydroxylation is 1. The molecular formula is C11H9N3O3S. The second kappa shape index (κ2) is 3.74. The van der Waals surface area contributed by atoms with Gasteiger partial charge in [-0.25, -0.2) is 4.79 Å². The van der Waals surface area contributed by atoms with Crippen molar-refractivity contribution in [3.8, 4) is 0 Å². The van der Waals surface area contributed by atoms with Crippen LogP contribution in [0.5, 0.6) is 0 Å². The molecule has 0 aromatic carbocycles. The van der Waals surface area contributed by atoms with E-state index in [9.17, 15) is 9.59 Å². The first-order valence-electron chi connectivity index (χ1n) is 5.21. The molecule has 18 heavy (non-hydrogen) atoms. The van der Waals surface area contributed by atoms with Gasteiger partial charge in [0.2, 0.25) is 0 Å². The highest BCUT2D eigenvalue weighted by atomic mass is 32.2. The van der Waals surface area contributed by atoms with Crippen molar-refractivity contribution < 1.29 is 14.7 Å². The third-order valence-corrected chi connectivity index (χ3v) is 3.87. The van der Waals surface area contributed by atoms with Crippen LogP contribution >= 0.6 is 11.8 Å². The number of hydrogen-bond donors (Lipinski definition) is 1. The molecule has 6 nitrogen and oxygen atoms in total. The summed E-state index contributed by atoms with van der Waals surface area (Å²) in [4.78, 5) is 24.1. The van der Waals surface area contributed by atoms with E-state index in [0.29, 0.717) is 11.3 Å². The first kappa shape index (κ1) is 11.1. The van der Waals surface area contributed by atoms with Crippen LogP contribution in [-0.4, -0.2) is 37.0 Å². The Kier molecular flexibility index (Phi) is 2.30. The van der Waals surface area contributed by atoms with Crippen LogP contribution in [0, 0.1) is 0 Å². The summed E-state index contributed by atoms with van der Waals surface area (Å²) in [6.07, 6.45) is 3.49. The average molecular weight is 263 g/mol. The van der Waals surface area contributed by atoms with Crippen LogP contribution in [0.2, 0.25) is 0 Å². The van der Waals surface area contributed by atoms with E-state index in [4.69, 9.17) is 5.11 Å². The van der Waals surface area contributed by atoms with Crippen molar-refractivity contribution in [1.82, 2.24) is 14.7 Å². The first-order chi connectivity index (χ1) is 8.58. The zero-order chi connectivity index (χ0) is 12.9. The van der Waals surface area contributed by atoms with Gasteiger partial charge in [-0.15, -0.1) is 11.8 Å². The minimum absolute atomic E-state index is 0.0492. The molecule has 3 rings (SSSR count). The molecule has 1 atom stereocenters. The van der Waals surface area contributed by atoms with E-state index in [1.54, 1.807) is 30.1 Å². The highest BCUT2D eigenvalue weighted by Gasteiger charge is 2.49. The normalized spacial score (nSPS) is 23.9. The minimum Gasteiger partial charge on any atom is -0.477 e. The Balaban J connectivity index is 1.86. The smallest absolute Gasteiger partial charge is 0.353 e. The summed E-state index contributed by atoms with van der Waals surface area (Å²) in [5, 5.41) is 14.4. The monoisotopic (exact) mass is 263 g/mol. The minimum atomic E-state index is -1.07. The maximum absolute atomic E-state index is 11.9. The second-order valence-corrected chi connectivity index (χ2v) is 4.94. The van der Waals surface area contributed by atoms with Gasteiger partial charge < -0.3 is 5.11 Å². The summed E-state index contributed by atoms with van der Waals surface area (Å²) in [7, 11) is 1.80. The molecule has 3 heterocycles. The third kappa shape index (κ3) is 1.47. The number of hydrogen-bond acceptors (Lipinski definition) is 4. The van der Waals surface area contributed by atoms with Crippen molar-refractivity contribution in [3.63, 3.8) is 0 Å². The van der Waals surface area contributed by atoms with E-state index in [0.717, 1.165) is 0 Å². The molecule has 0 radical (unpaired) electrons. The van der Waals surface area contributed by atoms with Gasteiger partial charge >= 0.3 is 5.97 Å². The van der Waals surface area contributed by atoms with Crippen molar-refractivity contribution in [2.24, 2.45) is 7.05 Å². The van der Waals surface area contributed by atoms with Crippen LogP contribution in [-0.2, 0) is 16.6 Å². The molecule has 0 saturated carbocycles. The number of fused-ring (bicyclic) bond motifs is 1. The summed E-state index contributed by atoms with van der Waals surface area (Å²) < 4.78 is 1.65. The Labute approximate surface area is 107 Å². The molecule has 1 amide bonds. The predicted molar refractivity (Wildman–Crippen MR) is 65.1 cm³/mol. The Bertz CT molecular complexity index is 617. The van der Waals surface area contributed by atoms with Crippen molar-refractivity contribution in [2.75, 3.05) is 0 Å². The fourth-order valence-electron chi connectivity index (χ4n) is 1.94. The molecule has 2 aliphatic heterocycles. The number of carboxylic acids is 1. The summed E-state index contributed by atoms with van der Waals surface area (Å²) in [5.41, 5.74) is 1.34. The number of rotatable bonds is 2. The number of carboxylic acid groups (broad SMARTS) is 1. The van der Waals surface area contributed by atoms with Gasteiger partial charge in [-0.2, -0.15) is 5.10 Å². The molecule has 1 aromatic rings. The summed E-state index contributed by atoms with van der Waals surface area (Å²) in [6, 6.07) is 1.80. The first-order valence-corrected chi connectivity index (χ1v) is 6.16. The van der Waals surface area contributed by atoms with Crippen LogP contribution in [0.1, 0.15) is 5.69 Å². The van der Waals surface area contributed by atoms with Crippen molar-refractivity contribution in [1.29, 1.82) is 0 Å². The molecule has 0 spiro atoms. The lowest BCUT2D eigenvalue weighted by atomic mass is 10.0. The number of carbonyl (C=O) groups excluding carboxylic acids is 1. The summed E-state index contributed by atoms with van der Waals surface area (Å²) in [6.45, 7) is 0. The van der Waals surface area contributed by atoms with E-state index >= 15 is 0 Å². The number of carbonyl (C=O) groups is 2. The molecule has 0 unspecified atom stereocenters. The molecule has 2 aliphatic rings. The fraction of sp³-hybridized carbons (Fsp3) is 0.182. The van der Waals surface area contributed by atoms with E-state index < -0.39 is 5.97 Å². The third-order valence-electron chi connectivity index (χ3n) is 2.79. The average Bonchev–Trinajstić information content (AvgIpc) is 2.89. The Morgan fingerprint density at radius 3 is 3.00 bits per heavy atom. The zero-order valence-corrected chi connectivity index (χ0v) is 10.2. The molecule has 1 saturated heterocycles. The van der Waals surface area contributed by atoms with E-state index in [1.807, 2.05) is 0 Å². The second-order valence-electron chi connectivity index (χ2n) is 3.99. The Hall–Kier alpha value is -2.02. The topological polar surface area (TPSA) is 75.4 Å². The number of nitrogens with zero attached hydrogens (tertiary/aromatic N) is 3. The van der Waals surface area contributed by atoms with Crippen LogP contribution in [0.25, 0.3) is 6.08 Å². The van der Waals surface area contributed by atoms with Gasteiger partial charge in [0, 0.05) is 18.7 Å². The number of thioether (sulfide) groups is 1. The lowest BCUT2D eigenvalue weighted by Crippen LogP contribution is -2.51. The molecular weight excluding hydrogens is 254 g/mol. The van der Waals surface area contributed by atoms with Crippen molar-refractivity contribution in [3.05, 3.63) is 34.6 Å². The van der Waals surface area contributed by atoms with E-state index in [-0.39, 0.29) is 17.0 Å². The predicted octanol–water partition coefficient (Wildman–Crippen LogP) is 0.645. The Morgan fingerprint density at radius 2 is 2.39 bits per heavy atom. The van der Waals surface area contributed by atoms with Crippen LogP contribution in [0.4, 0.5) is 0 Å². The van der Waals surface area contributed by atoms with Gasteiger partial charge in [-0.3, -0.25) is 14.4 Å². The standard InChI is InChI=1S/C11H9N3O3S/c1-13-3-2-6(12-13)4-7-9(15)14-8(11(16)17)5-18-10(7)14/h2-5,10H,1H3,(H,16,17)/t10-/m0/s1. The maximum Gasteiger partial charge on any atom is 0.353 e. The molecule has 92 valence electrons. The van der Waals surface area contributed by atoms with Gasteiger partial charge in [0.25, 0.3) is 5.91 Å². The number of aromatic nitrogens is 2. The number of amides is 1. The summed E-state index contributed by atoms with van der Waals surface area (Å²) in [5.74, 6) is -1.33. The Morgan fingerprint density at radius 1 is 1.61 bits per heavy atom. The van der Waals surface area contributed by atoms with E-state index in [1.165, 1.54) is 22.1 Å².